The van der Waals surface area contributed by atoms with Crippen LogP contribution in [0.25, 0.3) is 0 Å². The number of hydrogen-bond acceptors (Lipinski definition) is 5. The molecule has 0 amide bonds. The van der Waals surface area contributed by atoms with Crippen molar-refractivity contribution >= 4 is 21.4 Å². The Balaban J connectivity index is 2.51. The third-order valence-electron chi connectivity index (χ3n) is 2.11. The van der Waals surface area contributed by atoms with Crippen LogP contribution in [0.2, 0.25) is 0 Å². The van der Waals surface area contributed by atoms with E-state index in [4.69, 9.17) is 16.1 Å². The van der Waals surface area contributed by atoms with Crippen LogP contribution >= 0.6 is 0 Å². The molecule has 0 unspecified atom stereocenters. The molecule has 6 nitrogen and oxygen atoms in total. The fraction of sp³-hybridized carbons (Fsp3) is 0.300. The number of rotatable bonds is 5. The van der Waals surface area contributed by atoms with Gasteiger partial charge in [-0.25, -0.2) is 13.6 Å². The average molecular weight is 254 g/mol. The van der Waals surface area contributed by atoms with E-state index in [9.17, 15) is 8.42 Å². The van der Waals surface area contributed by atoms with Gasteiger partial charge in [-0.1, -0.05) is 0 Å². The Morgan fingerprint density at radius 1 is 1.41 bits per heavy atom. The maximum atomic E-state index is 10.7. The van der Waals surface area contributed by atoms with Crippen LogP contribution in [-0.4, -0.2) is 20.7 Å². The Labute approximate surface area is 100 Å². The van der Waals surface area contributed by atoms with Gasteiger partial charge in [-0.2, -0.15) is 5.26 Å². The van der Waals surface area contributed by atoms with Crippen molar-refractivity contribution in [2.24, 2.45) is 5.14 Å². The molecule has 1 rings (SSSR count). The van der Waals surface area contributed by atoms with Crippen molar-refractivity contribution in [3.8, 4) is 6.07 Å². The molecule has 0 spiro atoms. The highest BCUT2D eigenvalue weighted by Gasteiger charge is 2.02. The van der Waals surface area contributed by atoms with Gasteiger partial charge in [0.1, 0.15) is 6.07 Å². The summed E-state index contributed by atoms with van der Waals surface area (Å²) in [6.07, 6.45) is 0.408. The summed E-state index contributed by atoms with van der Waals surface area (Å²) in [4.78, 5) is 0. The quantitative estimate of drug-likeness (QED) is 0.513. The largest absolute Gasteiger partial charge is 0.398 e. The van der Waals surface area contributed by atoms with E-state index in [0.29, 0.717) is 24.2 Å². The van der Waals surface area contributed by atoms with Gasteiger partial charge in [-0.05, 0) is 24.6 Å². The number of sulfonamides is 1. The number of anilines is 2. The summed E-state index contributed by atoms with van der Waals surface area (Å²) in [5.41, 5.74) is 7.10. The highest BCUT2D eigenvalue weighted by molar-refractivity contribution is 7.89. The zero-order chi connectivity index (χ0) is 12.9. The lowest BCUT2D eigenvalue weighted by atomic mass is 10.2. The van der Waals surface area contributed by atoms with Crippen LogP contribution in [0.5, 0.6) is 0 Å². The Kier molecular flexibility index (Phi) is 4.31. The maximum Gasteiger partial charge on any atom is 0.209 e. The highest BCUT2D eigenvalue weighted by Crippen LogP contribution is 2.16. The first-order chi connectivity index (χ1) is 7.92. The molecule has 7 heteroatoms. The monoisotopic (exact) mass is 254 g/mol. The van der Waals surface area contributed by atoms with E-state index in [2.05, 4.69) is 5.32 Å². The van der Waals surface area contributed by atoms with Gasteiger partial charge in [0.15, 0.2) is 0 Å². The van der Waals surface area contributed by atoms with Gasteiger partial charge >= 0.3 is 0 Å². The summed E-state index contributed by atoms with van der Waals surface area (Å²) in [5.74, 6) is -0.0694. The molecule has 0 saturated carbocycles. The molecule has 0 fully saturated rings. The van der Waals surface area contributed by atoms with Gasteiger partial charge in [0, 0.05) is 17.9 Å². The molecule has 0 aromatic heterocycles. The van der Waals surface area contributed by atoms with Crippen LogP contribution in [0.4, 0.5) is 11.4 Å². The van der Waals surface area contributed by atoms with Gasteiger partial charge in [0.25, 0.3) is 0 Å². The second-order valence-electron chi connectivity index (χ2n) is 3.56. The Hall–Kier alpha value is -1.78. The molecule has 92 valence electrons. The summed E-state index contributed by atoms with van der Waals surface area (Å²) in [5, 5.41) is 16.6. The van der Waals surface area contributed by atoms with Crippen molar-refractivity contribution in [1.29, 1.82) is 5.26 Å². The molecule has 17 heavy (non-hydrogen) atoms. The van der Waals surface area contributed by atoms with E-state index in [-0.39, 0.29) is 5.75 Å². The minimum absolute atomic E-state index is 0.0694. The van der Waals surface area contributed by atoms with E-state index in [1.165, 1.54) is 0 Å². The topological polar surface area (TPSA) is 122 Å². The van der Waals surface area contributed by atoms with Crippen LogP contribution in [0.1, 0.15) is 12.0 Å². The summed E-state index contributed by atoms with van der Waals surface area (Å²) in [6.45, 7) is 0.464. The Morgan fingerprint density at radius 3 is 2.71 bits per heavy atom. The third kappa shape index (κ3) is 4.72. The van der Waals surface area contributed by atoms with Crippen LogP contribution in [0, 0.1) is 11.3 Å². The normalized spacial score (nSPS) is 10.8. The van der Waals surface area contributed by atoms with E-state index in [0.717, 1.165) is 5.69 Å². The van der Waals surface area contributed by atoms with Crippen LogP contribution < -0.4 is 16.2 Å². The fourth-order valence-corrected chi connectivity index (χ4v) is 1.82. The Bertz CT molecular complexity index is 534. The zero-order valence-corrected chi connectivity index (χ0v) is 10.00. The van der Waals surface area contributed by atoms with E-state index < -0.39 is 10.0 Å². The number of benzene rings is 1. The Morgan fingerprint density at radius 2 is 2.12 bits per heavy atom. The first kappa shape index (κ1) is 13.3. The second-order valence-corrected chi connectivity index (χ2v) is 5.30. The fourth-order valence-electron chi connectivity index (χ4n) is 1.27. The molecule has 0 aliphatic rings. The molecule has 5 N–H and O–H groups in total. The third-order valence-corrected chi connectivity index (χ3v) is 2.97. The van der Waals surface area contributed by atoms with E-state index >= 15 is 0 Å². The van der Waals surface area contributed by atoms with Gasteiger partial charge in [-0.3, -0.25) is 0 Å². The SMILES string of the molecule is N#Cc1cc(NCCCS(N)(=O)=O)ccc1N. The van der Waals surface area contributed by atoms with Gasteiger partial charge in [0.05, 0.1) is 11.3 Å². The van der Waals surface area contributed by atoms with Crippen LogP contribution in [0.15, 0.2) is 18.2 Å². The van der Waals surface area contributed by atoms with Crippen molar-refractivity contribution in [2.45, 2.75) is 6.42 Å². The molecule has 0 bridgehead atoms. The zero-order valence-electron chi connectivity index (χ0n) is 9.18. The van der Waals surface area contributed by atoms with Crippen molar-refractivity contribution in [3.63, 3.8) is 0 Å². The lowest BCUT2D eigenvalue weighted by molar-refractivity contribution is 0.596. The number of hydrogen-bond donors (Lipinski definition) is 3. The molecule has 1 aromatic carbocycles. The van der Waals surface area contributed by atoms with Gasteiger partial charge in [-0.15, -0.1) is 0 Å². The summed E-state index contributed by atoms with van der Waals surface area (Å²) < 4.78 is 21.4. The van der Waals surface area contributed by atoms with Crippen LogP contribution in [-0.2, 0) is 10.0 Å². The highest BCUT2D eigenvalue weighted by atomic mass is 32.2. The number of nitrogens with one attached hydrogen (secondary N) is 1. The van der Waals surface area contributed by atoms with E-state index in [1.807, 2.05) is 6.07 Å². The standard InChI is InChI=1S/C10H14N4O2S/c11-7-8-6-9(2-3-10(8)12)14-4-1-5-17(13,15)16/h2-3,6,14H,1,4-5,12H2,(H2,13,15,16). The molecule has 0 heterocycles. The molecule has 0 aliphatic carbocycles. The summed E-state index contributed by atoms with van der Waals surface area (Å²) in [7, 11) is -3.41. The number of primary sulfonamides is 1. The van der Waals surface area contributed by atoms with Crippen molar-refractivity contribution in [2.75, 3.05) is 23.3 Å². The smallest absolute Gasteiger partial charge is 0.209 e. The summed E-state index contributed by atoms with van der Waals surface area (Å²) in [6, 6.07) is 6.94. The number of nitriles is 1. The van der Waals surface area contributed by atoms with Crippen molar-refractivity contribution < 1.29 is 8.42 Å². The first-order valence-corrected chi connectivity index (χ1v) is 6.68. The minimum Gasteiger partial charge on any atom is -0.398 e. The second kappa shape index (κ2) is 5.52. The lowest BCUT2D eigenvalue weighted by Crippen LogP contribution is -2.18. The minimum atomic E-state index is -3.41. The van der Waals surface area contributed by atoms with Gasteiger partial charge < -0.3 is 11.1 Å². The van der Waals surface area contributed by atoms with Gasteiger partial charge in [0.2, 0.25) is 10.0 Å². The van der Waals surface area contributed by atoms with Crippen molar-refractivity contribution in [1.82, 2.24) is 0 Å². The maximum absolute atomic E-state index is 10.7. The predicted octanol–water partition coefficient (Wildman–Crippen LogP) is 0.231. The number of nitrogens with two attached hydrogens (primary N) is 2. The first-order valence-electron chi connectivity index (χ1n) is 4.96. The van der Waals surface area contributed by atoms with E-state index in [1.54, 1.807) is 18.2 Å². The predicted molar refractivity (Wildman–Crippen MR) is 66.7 cm³/mol. The molecular weight excluding hydrogens is 240 g/mol. The van der Waals surface area contributed by atoms with Crippen LogP contribution in [0.3, 0.4) is 0 Å². The number of nitrogen functional groups attached to an aromatic ring is 1. The molecular formula is C10H14N4O2S. The molecule has 1 aromatic rings. The molecule has 0 atom stereocenters. The number of nitrogens with zero attached hydrogens (tertiary/aromatic N) is 1. The lowest BCUT2D eigenvalue weighted by Gasteiger charge is -2.07. The molecule has 0 radical (unpaired) electrons. The van der Waals surface area contributed by atoms with Crippen molar-refractivity contribution in [3.05, 3.63) is 23.8 Å². The molecule has 0 aliphatic heterocycles. The molecule has 0 saturated heterocycles. The summed E-state index contributed by atoms with van der Waals surface area (Å²) >= 11 is 0. The average Bonchev–Trinajstić information content (AvgIpc) is 2.25.